The Morgan fingerprint density at radius 1 is 1.73 bits per heavy atom. The van der Waals surface area contributed by atoms with Crippen molar-refractivity contribution in [1.82, 2.24) is 10.3 Å². The minimum atomic E-state index is 0.522. The van der Waals surface area contributed by atoms with Crippen molar-refractivity contribution in [1.29, 1.82) is 0 Å². The van der Waals surface area contributed by atoms with E-state index >= 15 is 0 Å². The highest BCUT2D eigenvalue weighted by molar-refractivity contribution is 9.10. The lowest BCUT2D eigenvalue weighted by Gasteiger charge is -2.00. The largest absolute Gasteiger partial charge is 0.436 e. The van der Waals surface area contributed by atoms with E-state index in [1.165, 1.54) is 0 Å². The van der Waals surface area contributed by atoms with E-state index in [4.69, 9.17) is 4.42 Å². The van der Waals surface area contributed by atoms with Gasteiger partial charge in [-0.2, -0.15) is 0 Å². The summed E-state index contributed by atoms with van der Waals surface area (Å²) in [5.74, 6) is 1.51. The maximum atomic E-state index is 5.33. The highest BCUT2D eigenvalue weighted by Crippen LogP contribution is 2.24. The summed E-state index contributed by atoms with van der Waals surface area (Å²) >= 11 is 3.18. The summed E-state index contributed by atoms with van der Waals surface area (Å²) in [6.07, 6.45) is 2.95. The normalized spacial score (nSPS) is 24.3. The van der Waals surface area contributed by atoms with Crippen molar-refractivity contribution in [3.8, 4) is 0 Å². The molecular weight excluding hydrogens is 208 g/mol. The number of nitrogens with one attached hydrogen (secondary N) is 1. The van der Waals surface area contributed by atoms with E-state index in [0.717, 1.165) is 25.3 Å². The van der Waals surface area contributed by atoms with Crippen LogP contribution in [0.4, 0.5) is 0 Å². The molecule has 1 saturated heterocycles. The molecule has 0 aliphatic carbocycles. The highest BCUT2D eigenvalue weighted by atomic mass is 79.9. The first-order valence-electron chi connectivity index (χ1n) is 3.68. The number of nitrogens with zero attached hydrogens (tertiary/aromatic N) is 1. The van der Waals surface area contributed by atoms with Gasteiger partial charge in [-0.1, -0.05) is 0 Å². The smallest absolute Gasteiger partial charge is 0.264 e. The molecule has 60 valence electrons. The quantitative estimate of drug-likeness (QED) is 0.774. The van der Waals surface area contributed by atoms with Gasteiger partial charge < -0.3 is 9.73 Å². The van der Waals surface area contributed by atoms with E-state index < -0.39 is 0 Å². The third-order valence-electron chi connectivity index (χ3n) is 1.96. The molecule has 1 unspecified atom stereocenters. The number of hydrogen-bond acceptors (Lipinski definition) is 3. The Labute approximate surface area is 73.3 Å². The van der Waals surface area contributed by atoms with Crippen molar-refractivity contribution in [3.05, 3.63) is 16.8 Å². The number of halogens is 1. The molecule has 2 rings (SSSR count). The van der Waals surface area contributed by atoms with Gasteiger partial charge in [-0.3, -0.25) is 0 Å². The van der Waals surface area contributed by atoms with E-state index in [1.54, 1.807) is 6.20 Å². The molecule has 0 saturated carbocycles. The van der Waals surface area contributed by atoms with Gasteiger partial charge in [0.25, 0.3) is 4.80 Å². The molecule has 11 heavy (non-hydrogen) atoms. The summed E-state index contributed by atoms with van der Waals surface area (Å²) in [5, 5.41) is 3.28. The first-order chi connectivity index (χ1) is 5.36. The molecule has 0 spiro atoms. The second kappa shape index (κ2) is 2.95. The second-order valence-corrected chi connectivity index (χ2v) is 3.38. The molecule has 2 heterocycles. The van der Waals surface area contributed by atoms with Crippen LogP contribution in [-0.2, 0) is 0 Å². The molecule has 1 atom stereocenters. The molecule has 3 nitrogen and oxygen atoms in total. The van der Waals surface area contributed by atoms with Crippen molar-refractivity contribution in [3.63, 3.8) is 0 Å². The van der Waals surface area contributed by atoms with Crippen molar-refractivity contribution in [2.24, 2.45) is 0 Å². The Morgan fingerprint density at radius 3 is 3.18 bits per heavy atom. The van der Waals surface area contributed by atoms with Crippen LogP contribution in [0.1, 0.15) is 18.1 Å². The Kier molecular flexibility index (Phi) is 1.96. The van der Waals surface area contributed by atoms with Crippen LogP contribution >= 0.6 is 15.9 Å². The third kappa shape index (κ3) is 1.46. The predicted molar refractivity (Wildman–Crippen MR) is 44.4 cm³/mol. The van der Waals surface area contributed by atoms with Crippen LogP contribution in [0.25, 0.3) is 0 Å². The Balaban J connectivity index is 2.15. The van der Waals surface area contributed by atoms with Crippen molar-refractivity contribution in [2.45, 2.75) is 12.3 Å². The topological polar surface area (TPSA) is 38.1 Å². The van der Waals surface area contributed by atoms with E-state index in [0.29, 0.717) is 10.7 Å². The van der Waals surface area contributed by atoms with Gasteiger partial charge in [0.1, 0.15) is 5.76 Å². The molecule has 1 aliphatic rings. The van der Waals surface area contributed by atoms with Crippen LogP contribution in [0.5, 0.6) is 0 Å². The van der Waals surface area contributed by atoms with Gasteiger partial charge in [-0.05, 0) is 13.0 Å². The average Bonchev–Trinajstić information content (AvgIpc) is 2.55. The molecule has 1 fully saturated rings. The number of aromatic nitrogens is 1. The van der Waals surface area contributed by atoms with Crippen LogP contribution in [0.2, 0.25) is 0 Å². The first kappa shape index (κ1) is 7.31. The fraction of sp³-hybridized carbons (Fsp3) is 0.571. The standard InChI is InChI=1S/C7H9BrN2O/c8-7-10-4-6(11-7)5-1-2-9-3-5/h4-5,9H,1-3H2. The van der Waals surface area contributed by atoms with Crippen LogP contribution in [0, 0.1) is 0 Å². The summed E-state index contributed by atoms with van der Waals surface area (Å²) in [6.45, 7) is 2.10. The van der Waals surface area contributed by atoms with E-state index in [2.05, 4.69) is 26.2 Å². The van der Waals surface area contributed by atoms with Gasteiger partial charge in [-0.15, -0.1) is 0 Å². The van der Waals surface area contributed by atoms with Gasteiger partial charge >= 0.3 is 0 Å². The lowest BCUT2D eigenvalue weighted by Crippen LogP contribution is -2.07. The van der Waals surface area contributed by atoms with Gasteiger partial charge in [-0.25, -0.2) is 4.98 Å². The Hall–Kier alpha value is -0.350. The van der Waals surface area contributed by atoms with Crippen LogP contribution in [-0.4, -0.2) is 18.1 Å². The molecule has 0 aromatic carbocycles. The fourth-order valence-corrected chi connectivity index (χ4v) is 1.64. The van der Waals surface area contributed by atoms with Crippen molar-refractivity contribution >= 4 is 15.9 Å². The maximum absolute atomic E-state index is 5.33. The molecule has 1 aliphatic heterocycles. The highest BCUT2D eigenvalue weighted by Gasteiger charge is 2.19. The summed E-state index contributed by atoms with van der Waals surface area (Å²) in [6, 6.07) is 0. The second-order valence-electron chi connectivity index (χ2n) is 2.71. The lowest BCUT2D eigenvalue weighted by atomic mass is 10.1. The van der Waals surface area contributed by atoms with Crippen LogP contribution in [0.3, 0.4) is 0 Å². The molecule has 1 aromatic rings. The van der Waals surface area contributed by atoms with Gasteiger partial charge in [0, 0.05) is 28.4 Å². The van der Waals surface area contributed by atoms with Crippen LogP contribution < -0.4 is 5.32 Å². The predicted octanol–water partition coefficient (Wildman–Crippen LogP) is 1.51. The minimum Gasteiger partial charge on any atom is -0.436 e. The third-order valence-corrected chi connectivity index (χ3v) is 2.32. The van der Waals surface area contributed by atoms with Crippen LogP contribution in [0.15, 0.2) is 15.4 Å². The molecule has 1 aromatic heterocycles. The summed E-state index contributed by atoms with van der Waals surface area (Å²) in [5.41, 5.74) is 0. The number of rotatable bonds is 1. The van der Waals surface area contributed by atoms with E-state index in [9.17, 15) is 0 Å². The van der Waals surface area contributed by atoms with Gasteiger partial charge in [0.15, 0.2) is 0 Å². The molecule has 1 N–H and O–H groups in total. The monoisotopic (exact) mass is 216 g/mol. The first-order valence-corrected chi connectivity index (χ1v) is 4.47. The molecular formula is C7H9BrN2O. The zero-order chi connectivity index (χ0) is 7.68. The fourth-order valence-electron chi connectivity index (χ4n) is 1.35. The lowest BCUT2D eigenvalue weighted by molar-refractivity contribution is 0.450. The average molecular weight is 217 g/mol. The van der Waals surface area contributed by atoms with Gasteiger partial charge in [0.05, 0.1) is 6.20 Å². The zero-order valence-electron chi connectivity index (χ0n) is 6.01. The van der Waals surface area contributed by atoms with Gasteiger partial charge in [0.2, 0.25) is 0 Å². The molecule has 4 heteroatoms. The van der Waals surface area contributed by atoms with Crippen molar-refractivity contribution < 1.29 is 4.42 Å². The summed E-state index contributed by atoms with van der Waals surface area (Å²) in [4.78, 5) is 4.57. The van der Waals surface area contributed by atoms with E-state index in [-0.39, 0.29) is 0 Å². The summed E-state index contributed by atoms with van der Waals surface area (Å²) < 4.78 is 5.33. The minimum absolute atomic E-state index is 0.522. The SMILES string of the molecule is Brc1ncc(C2CCNC2)o1. The van der Waals surface area contributed by atoms with E-state index in [1.807, 2.05) is 0 Å². The molecule has 0 radical (unpaired) electrons. The Morgan fingerprint density at radius 2 is 2.64 bits per heavy atom. The number of oxazole rings is 1. The number of hydrogen-bond donors (Lipinski definition) is 1. The Bertz CT molecular complexity index is 242. The van der Waals surface area contributed by atoms with Crippen molar-refractivity contribution in [2.75, 3.05) is 13.1 Å². The summed E-state index contributed by atoms with van der Waals surface area (Å²) in [7, 11) is 0. The molecule has 0 bridgehead atoms. The maximum Gasteiger partial charge on any atom is 0.264 e. The molecule has 0 amide bonds. The zero-order valence-corrected chi connectivity index (χ0v) is 7.60.